The molecule has 1 rings (SSSR count). The summed E-state index contributed by atoms with van der Waals surface area (Å²) in [7, 11) is -3.53. The Bertz CT molecular complexity index is 369. The average molecular weight is 321 g/mol. The summed E-state index contributed by atoms with van der Waals surface area (Å²) in [5.41, 5.74) is 0. The monoisotopic (exact) mass is 320 g/mol. The van der Waals surface area contributed by atoms with Crippen LogP contribution in [0.15, 0.2) is 12.1 Å². The number of hydrogen-bond donors (Lipinski definition) is 0. The van der Waals surface area contributed by atoms with Crippen molar-refractivity contribution in [3.8, 4) is 0 Å². The van der Waals surface area contributed by atoms with Gasteiger partial charge in [-0.05, 0) is 0 Å². The van der Waals surface area contributed by atoms with Gasteiger partial charge in [0.1, 0.15) is 0 Å². The van der Waals surface area contributed by atoms with Crippen LogP contribution in [-0.4, -0.2) is 24.2 Å². The van der Waals surface area contributed by atoms with E-state index in [2.05, 4.69) is 71.1 Å². The van der Waals surface area contributed by atoms with Crippen LogP contribution in [0.1, 0.15) is 0 Å². The van der Waals surface area contributed by atoms with Gasteiger partial charge in [-0.3, -0.25) is 0 Å². The molecule has 0 saturated carbocycles. The molecular formula is C14H29KSi3. The van der Waals surface area contributed by atoms with E-state index in [1.54, 1.807) is 15.6 Å². The van der Waals surface area contributed by atoms with Crippen molar-refractivity contribution in [3.05, 3.63) is 12.1 Å². The first kappa shape index (κ1) is 19.6. The van der Waals surface area contributed by atoms with Gasteiger partial charge >= 0.3 is 51.4 Å². The Kier molecular flexibility index (Phi) is 6.74. The van der Waals surface area contributed by atoms with Gasteiger partial charge in [0.15, 0.2) is 0 Å². The molecule has 0 fully saturated rings. The van der Waals surface area contributed by atoms with Crippen LogP contribution in [0.5, 0.6) is 0 Å². The van der Waals surface area contributed by atoms with Gasteiger partial charge in [-0.1, -0.05) is 58.9 Å². The van der Waals surface area contributed by atoms with Crippen molar-refractivity contribution in [2.24, 2.45) is 0 Å². The smallest absolute Gasteiger partial charge is 0.213 e. The summed E-state index contributed by atoms with van der Waals surface area (Å²) in [6, 6.07) is 5.15. The van der Waals surface area contributed by atoms with Crippen molar-refractivity contribution in [3.63, 3.8) is 0 Å². The van der Waals surface area contributed by atoms with Crippen molar-refractivity contribution in [2.75, 3.05) is 0 Å². The van der Waals surface area contributed by atoms with Crippen LogP contribution in [0.25, 0.3) is 0 Å². The van der Waals surface area contributed by atoms with E-state index in [0.717, 1.165) is 0 Å². The first-order valence-electron chi connectivity index (χ1n) is 6.65. The summed E-state index contributed by atoms with van der Waals surface area (Å²) in [6.45, 7) is 22.3. The second-order valence-corrected chi connectivity index (χ2v) is 23.5. The zero-order chi connectivity index (χ0) is 13.6. The molecule has 0 N–H and O–H groups in total. The largest absolute Gasteiger partial charge is 1.00 e. The summed E-state index contributed by atoms with van der Waals surface area (Å²) in [4.78, 5) is 0. The predicted octanol–water partition coefficient (Wildman–Crippen LogP) is 0.0451. The maximum Gasteiger partial charge on any atom is 1.00 e. The van der Waals surface area contributed by atoms with Gasteiger partial charge in [0.2, 0.25) is 0 Å². The van der Waals surface area contributed by atoms with E-state index < -0.39 is 24.2 Å². The SMILES string of the molecule is C[Si](C)(C)c1cc([Si](C)(C)C)[c-]([Si](C)(C)C)c1.[K+]. The van der Waals surface area contributed by atoms with Crippen LogP contribution in [0.2, 0.25) is 58.9 Å². The second-order valence-electron chi connectivity index (χ2n) is 8.32. The molecule has 0 nitrogen and oxygen atoms in total. The molecule has 0 saturated heterocycles. The van der Waals surface area contributed by atoms with Crippen LogP contribution in [-0.2, 0) is 0 Å². The van der Waals surface area contributed by atoms with Crippen molar-refractivity contribution < 1.29 is 51.4 Å². The molecule has 0 atom stereocenters. The third kappa shape index (κ3) is 4.88. The van der Waals surface area contributed by atoms with Crippen molar-refractivity contribution in [1.82, 2.24) is 0 Å². The Morgan fingerprint density at radius 1 is 0.778 bits per heavy atom. The molecule has 0 aliphatic rings. The standard InChI is InChI=1S/C14H29Si3.K/c1-15(2,3)12-10-13(16(4,5)6)14(11-12)17(7,8)9;/h10-11H,1-9H3;/q-1;+1. The zero-order valence-electron chi connectivity index (χ0n) is 14.2. The molecule has 18 heavy (non-hydrogen) atoms. The van der Waals surface area contributed by atoms with Crippen LogP contribution in [0, 0.1) is 0 Å². The van der Waals surface area contributed by atoms with Crippen molar-refractivity contribution in [2.45, 2.75) is 58.9 Å². The Labute approximate surface area is 160 Å². The molecule has 4 heteroatoms. The fraction of sp³-hybridized carbons (Fsp3) is 0.643. The Morgan fingerprint density at radius 3 is 1.44 bits per heavy atom. The second kappa shape index (κ2) is 6.18. The fourth-order valence-corrected chi connectivity index (χ4v) is 8.81. The van der Waals surface area contributed by atoms with E-state index in [9.17, 15) is 0 Å². The molecule has 0 aromatic heterocycles. The van der Waals surface area contributed by atoms with Gasteiger partial charge in [-0.25, -0.2) is 11.3 Å². The van der Waals surface area contributed by atoms with E-state index in [-0.39, 0.29) is 51.4 Å². The first-order valence-corrected chi connectivity index (χ1v) is 17.2. The van der Waals surface area contributed by atoms with Crippen LogP contribution in [0.4, 0.5) is 0 Å². The topological polar surface area (TPSA) is 0 Å². The first-order chi connectivity index (χ1) is 7.33. The van der Waals surface area contributed by atoms with Gasteiger partial charge in [0.05, 0.1) is 8.07 Å². The minimum absolute atomic E-state index is 0. The molecule has 0 aliphatic carbocycles. The van der Waals surface area contributed by atoms with Crippen molar-refractivity contribution >= 4 is 39.8 Å². The molecule has 0 unspecified atom stereocenters. The number of rotatable bonds is 3. The third-order valence-electron chi connectivity index (χ3n) is 3.37. The quantitative estimate of drug-likeness (QED) is 0.545. The van der Waals surface area contributed by atoms with E-state index in [0.29, 0.717) is 0 Å². The average Bonchev–Trinajstić information content (AvgIpc) is 2.42. The van der Waals surface area contributed by atoms with E-state index in [1.165, 1.54) is 0 Å². The molecule has 0 radical (unpaired) electrons. The number of hydrogen-bond acceptors (Lipinski definition) is 0. The summed E-state index contributed by atoms with van der Waals surface area (Å²) >= 11 is 0. The molecule has 0 heterocycles. The molecule has 0 amide bonds. The maximum atomic E-state index is 2.58. The molecule has 0 aliphatic heterocycles. The van der Waals surface area contributed by atoms with Crippen LogP contribution in [0.3, 0.4) is 0 Å². The van der Waals surface area contributed by atoms with E-state index in [4.69, 9.17) is 0 Å². The van der Waals surface area contributed by atoms with Crippen LogP contribution < -0.4 is 66.9 Å². The molecule has 0 spiro atoms. The predicted molar refractivity (Wildman–Crippen MR) is 91.0 cm³/mol. The van der Waals surface area contributed by atoms with Gasteiger partial charge in [0.25, 0.3) is 0 Å². The summed E-state index contributed by atoms with van der Waals surface area (Å²) in [6.07, 6.45) is 0. The normalized spacial score (nSPS) is 13.4. The summed E-state index contributed by atoms with van der Waals surface area (Å²) in [5, 5.41) is 5.16. The molecule has 98 valence electrons. The Balaban J connectivity index is 0.00000289. The minimum atomic E-state index is -1.19. The molecule has 1 aromatic carbocycles. The maximum absolute atomic E-state index is 2.58. The third-order valence-corrected chi connectivity index (χ3v) is 9.70. The van der Waals surface area contributed by atoms with Gasteiger partial charge in [-0.2, -0.15) is 16.4 Å². The summed E-state index contributed by atoms with van der Waals surface area (Å²) in [5.74, 6) is 0. The van der Waals surface area contributed by atoms with Crippen molar-refractivity contribution in [1.29, 1.82) is 0 Å². The minimum Gasteiger partial charge on any atom is -0.213 e. The Morgan fingerprint density at radius 2 is 1.22 bits per heavy atom. The summed E-state index contributed by atoms with van der Waals surface area (Å²) < 4.78 is 0. The van der Waals surface area contributed by atoms with Gasteiger partial charge in [-0.15, -0.1) is 0 Å². The van der Waals surface area contributed by atoms with E-state index >= 15 is 0 Å². The molecule has 1 aromatic rings. The van der Waals surface area contributed by atoms with E-state index in [1.807, 2.05) is 0 Å². The van der Waals surface area contributed by atoms with Crippen LogP contribution >= 0.6 is 0 Å². The van der Waals surface area contributed by atoms with Gasteiger partial charge in [0, 0.05) is 16.1 Å². The Hall–Kier alpha value is 1.64. The van der Waals surface area contributed by atoms with Gasteiger partial charge < -0.3 is 0 Å². The fourth-order valence-electron chi connectivity index (χ4n) is 2.18. The zero-order valence-corrected chi connectivity index (χ0v) is 20.3. The molecular weight excluding hydrogens is 292 g/mol. The molecule has 0 bridgehead atoms.